The normalized spacial score (nSPS) is 19.5. The zero-order valence-corrected chi connectivity index (χ0v) is 41.8. The molecule has 2 aliphatic heterocycles. The lowest BCUT2D eigenvalue weighted by Gasteiger charge is -2.41. The number of hydrogen-bond donors (Lipinski definition) is 4. The SMILES string of the molecule is CCCOc1ccc2cc1-c1cc(ccc1OCCNC(=O)OC(C)(C)C)C[C@@H](C(=O)OC)NC(=O)[C@H](C)NC(=O)[C@H]2N(C)C(=O)[C@H]1CC(NC(=O)OC(C)(C)C)CCN1C(=O)OCc1ccccc1. The van der Waals surface area contributed by atoms with Gasteiger partial charge in [-0.2, -0.15) is 0 Å². The number of piperidine rings is 1. The van der Waals surface area contributed by atoms with Gasteiger partial charge in [0.25, 0.3) is 0 Å². The quantitative estimate of drug-likeness (QED) is 0.0882. The number of rotatable bonds is 13. The molecule has 19 nitrogen and oxygen atoms in total. The molecule has 0 spiro atoms. The summed E-state index contributed by atoms with van der Waals surface area (Å²) in [5.41, 5.74) is 1.02. The van der Waals surface area contributed by atoms with Crippen LogP contribution in [-0.2, 0) is 51.2 Å². The number of likely N-dealkylation sites (N-methyl/N-ethyl adjacent to an activating group) is 1. The van der Waals surface area contributed by atoms with Gasteiger partial charge in [0.05, 0.1) is 20.3 Å². The third kappa shape index (κ3) is 15.2. The number of carbonyl (C=O) groups is 7. The summed E-state index contributed by atoms with van der Waals surface area (Å²) in [7, 11) is 2.62. The molecule has 3 aromatic rings. The first-order chi connectivity index (χ1) is 33.1. The molecule has 5 atom stereocenters. The van der Waals surface area contributed by atoms with Crippen molar-refractivity contribution in [2.24, 2.45) is 0 Å². The van der Waals surface area contributed by atoms with Gasteiger partial charge >= 0.3 is 24.2 Å². The number of hydrogen-bond acceptors (Lipinski definition) is 13. The number of methoxy groups -OCH3 is 1. The molecule has 4 bridgehead atoms. The van der Waals surface area contributed by atoms with Crippen molar-refractivity contribution in [3.8, 4) is 22.6 Å². The van der Waals surface area contributed by atoms with Gasteiger partial charge in [-0.15, -0.1) is 0 Å². The zero-order chi connectivity index (χ0) is 51.3. The molecule has 1 saturated heterocycles. The summed E-state index contributed by atoms with van der Waals surface area (Å²) in [5.74, 6) is -2.13. The van der Waals surface area contributed by atoms with Gasteiger partial charge in [-0.05, 0) is 109 Å². The van der Waals surface area contributed by atoms with Crippen molar-refractivity contribution in [2.45, 2.75) is 129 Å². The molecular weight excluding hydrogens is 905 g/mol. The van der Waals surface area contributed by atoms with E-state index in [1.165, 1.54) is 30.9 Å². The molecule has 1 fully saturated rings. The minimum Gasteiger partial charge on any atom is -0.493 e. The number of esters is 1. The van der Waals surface area contributed by atoms with Crippen LogP contribution >= 0.6 is 0 Å². The highest BCUT2D eigenvalue weighted by atomic mass is 16.6. The second-order valence-electron chi connectivity index (χ2n) is 19.2. The number of ether oxygens (including phenoxy) is 6. The average Bonchev–Trinajstić information content (AvgIpc) is 3.30. The predicted octanol–water partition coefficient (Wildman–Crippen LogP) is 5.96. The number of carbonyl (C=O) groups excluding carboxylic acids is 7. The molecule has 0 saturated carbocycles. The lowest BCUT2D eigenvalue weighted by Crippen LogP contribution is -2.59. The summed E-state index contributed by atoms with van der Waals surface area (Å²) in [5, 5.41) is 11.0. The van der Waals surface area contributed by atoms with Crippen molar-refractivity contribution in [3.05, 3.63) is 83.4 Å². The zero-order valence-electron chi connectivity index (χ0n) is 41.8. The van der Waals surface area contributed by atoms with Crippen LogP contribution in [0.4, 0.5) is 14.4 Å². The first kappa shape index (κ1) is 53.9. The highest BCUT2D eigenvalue weighted by Gasteiger charge is 2.43. The van der Waals surface area contributed by atoms with Crippen LogP contribution in [0.1, 0.15) is 97.4 Å². The van der Waals surface area contributed by atoms with Crippen molar-refractivity contribution in [1.82, 2.24) is 31.1 Å². The van der Waals surface area contributed by atoms with Crippen molar-refractivity contribution in [3.63, 3.8) is 0 Å². The van der Waals surface area contributed by atoms with Gasteiger partial charge in [0.1, 0.15) is 60.1 Å². The fraction of sp³-hybridized carbons (Fsp3) is 0.510. The molecule has 70 heavy (non-hydrogen) atoms. The van der Waals surface area contributed by atoms with E-state index in [4.69, 9.17) is 28.4 Å². The molecule has 2 aliphatic rings. The monoisotopic (exact) mass is 972 g/mol. The van der Waals surface area contributed by atoms with Gasteiger partial charge in [-0.3, -0.25) is 19.3 Å². The standard InChI is InChI=1S/C51H68N6O13/c1-11-24-66-41-20-18-34-28-37(41)36-26-33(17-19-40(36)67-25-22-52-47(62)69-50(3,4)5)27-38(46(61)65-10)55-43(58)31(2)53-44(59)42(34)56(9)45(60)39-29-35(54-48(63)70-51(6,7)8)21-23-57(39)49(64)68-30-32-15-13-12-14-16-32/h12-20,26,28,31,35,38-39,42H,11,21-25,27,29-30H2,1-10H3,(H,52,62)(H,53,59)(H,54,63)(H,55,58)/t31-,35?,38-,39+,42-/m0/s1. The lowest BCUT2D eigenvalue weighted by atomic mass is 9.92. The van der Waals surface area contributed by atoms with E-state index in [1.54, 1.807) is 90.1 Å². The topological polar surface area (TPSA) is 229 Å². The summed E-state index contributed by atoms with van der Waals surface area (Å²) in [4.78, 5) is 98.9. The van der Waals surface area contributed by atoms with E-state index in [1.807, 2.05) is 25.1 Å². The Bertz CT molecular complexity index is 2350. The third-order valence-corrected chi connectivity index (χ3v) is 11.2. The maximum Gasteiger partial charge on any atom is 0.410 e. The van der Waals surface area contributed by atoms with Crippen LogP contribution in [0, 0.1) is 0 Å². The van der Waals surface area contributed by atoms with Gasteiger partial charge in [0.15, 0.2) is 0 Å². The Morgan fingerprint density at radius 1 is 0.814 bits per heavy atom. The van der Waals surface area contributed by atoms with Crippen LogP contribution in [0.3, 0.4) is 0 Å². The van der Waals surface area contributed by atoms with Gasteiger partial charge in [-0.25, -0.2) is 19.2 Å². The molecule has 1 unspecified atom stereocenters. The molecule has 380 valence electrons. The highest BCUT2D eigenvalue weighted by Crippen LogP contribution is 2.40. The summed E-state index contributed by atoms with van der Waals surface area (Å²) in [6.07, 6.45) is -1.26. The fourth-order valence-electron chi connectivity index (χ4n) is 7.90. The maximum absolute atomic E-state index is 15.2. The van der Waals surface area contributed by atoms with Crippen LogP contribution in [0.2, 0.25) is 0 Å². The Hall–Kier alpha value is -7.05. The molecule has 0 radical (unpaired) electrons. The Morgan fingerprint density at radius 2 is 1.46 bits per heavy atom. The van der Waals surface area contributed by atoms with E-state index in [0.29, 0.717) is 46.8 Å². The molecule has 6 amide bonds. The lowest BCUT2D eigenvalue weighted by molar-refractivity contribution is -0.146. The molecule has 4 N–H and O–H groups in total. The second-order valence-corrected chi connectivity index (χ2v) is 19.2. The number of benzene rings is 3. The summed E-state index contributed by atoms with van der Waals surface area (Å²) in [6, 6.07) is 13.5. The van der Waals surface area contributed by atoms with Crippen LogP contribution in [0.5, 0.6) is 11.5 Å². The molecule has 0 aromatic heterocycles. The number of likely N-dealkylation sites (tertiary alicyclic amines) is 1. The predicted molar refractivity (Wildman–Crippen MR) is 258 cm³/mol. The largest absolute Gasteiger partial charge is 0.493 e. The smallest absolute Gasteiger partial charge is 0.410 e. The van der Waals surface area contributed by atoms with Crippen molar-refractivity contribution >= 4 is 42.0 Å². The second kappa shape index (κ2) is 24.0. The molecule has 5 rings (SSSR count). The summed E-state index contributed by atoms with van der Waals surface area (Å²) >= 11 is 0. The van der Waals surface area contributed by atoms with Crippen LogP contribution in [0.25, 0.3) is 11.1 Å². The van der Waals surface area contributed by atoms with Crippen molar-refractivity contribution < 1.29 is 62.0 Å². The number of nitrogens with one attached hydrogen (secondary N) is 4. The molecule has 19 heteroatoms. The number of fused-ring (bicyclic) bond motifs is 5. The Morgan fingerprint density at radius 3 is 2.11 bits per heavy atom. The Labute approximate surface area is 409 Å². The number of amides is 6. The van der Waals surface area contributed by atoms with E-state index in [0.717, 1.165) is 5.56 Å². The maximum atomic E-state index is 15.2. The minimum absolute atomic E-state index is 0.00683. The summed E-state index contributed by atoms with van der Waals surface area (Å²) in [6.45, 7) is 14.2. The van der Waals surface area contributed by atoms with E-state index in [2.05, 4.69) is 21.3 Å². The third-order valence-electron chi connectivity index (χ3n) is 11.2. The Balaban J connectivity index is 1.60. The Kier molecular flexibility index (Phi) is 18.5. The fourth-order valence-corrected chi connectivity index (χ4v) is 7.90. The molecule has 0 aliphatic carbocycles. The van der Waals surface area contributed by atoms with E-state index in [-0.39, 0.29) is 45.6 Å². The van der Waals surface area contributed by atoms with Gasteiger partial charge in [-0.1, -0.05) is 49.4 Å². The van der Waals surface area contributed by atoms with E-state index >= 15 is 4.79 Å². The van der Waals surface area contributed by atoms with Gasteiger partial charge < -0.3 is 54.6 Å². The summed E-state index contributed by atoms with van der Waals surface area (Å²) < 4.78 is 34.3. The highest BCUT2D eigenvalue weighted by molar-refractivity contribution is 5.96. The van der Waals surface area contributed by atoms with Crippen molar-refractivity contribution in [1.29, 1.82) is 0 Å². The van der Waals surface area contributed by atoms with E-state index < -0.39 is 83.4 Å². The van der Waals surface area contributed by atoms with Gasteiger partial charge in [0, 0.05) is 37.2 Å². The van der Waals surface area contributed by atoms with Crippen molar-refractivity contribution in [2.75, 3.05) is 40.5 Å². The first-order valence-corrected chi connectivity index (χ1v) is 23.5. The molecular formula is C51H68N6O13. The number of alkyl carbamates (subject to hydrolysis) is 2. The van der Waals surface area contributed by atoms with Crippen LogP contribution < -0.4 is 30.7 Å². The molecule has 2 heterocycles. The van der Waals surface area contributed by atoms with Crippen LogP contribution in [0.15, 0.2) is 66.7 Å². The number of nitrogens with zero attached hydrogens (tertiary/aromatic N) is 2. The van der Waals surface area contributed by atoms with Crippen LogP contribution in [-0.4, -0.2) is 128 Å². The van der Waals surface area contributed by atoms with Gasteiger partial charge in [0.2, 0.25) is 17.7 Å². The first-order valence-electron chi connectivity index (χ1n) is 23.5. The average molecular weight is 973 g/mol. The molecule has 3 aromatic carbocycles. The van der Waals surface area contributed by atoms with E-state index in [9.17, 15) is 28.8 Å². The minimum atomic E-state index is -1.45.